The highest BCUT2D eigenvalue weighted by Crippen LogP contribution is 2.27. The Hall–Kier alpha value is -3.44. The Morgan fingerprint density at radius 2 is 1.78 bits per heavy atom. The molecule has 0 radical (unpaired) electrons. The summed E-state index contributed by atoms with van der Waals surface area (Å²) >= 11 is 0. The number of ether oxygens (including phenoxy) is 1. The van der Waals surface area contributed by atoms with E-state index in [4.69, 9.17) is 10.1 Å². The molecular weight excluding hydrogens is 499 g/mol. The number of aromatic hydroxyl groups is 1. The average Bonchev–Trinajstić information content (AvgIpc) is 3.37. The van der Waals surface area contributed by atoms with E-state index in [1.807, 2.05) is 6.07 Å². The molecule has 0 aromatic heterocycles. The number of phenols is 1. The number of rotatable bonds is 9. The van der Waals surface area contributed by atoms with Gasteiger partial charge in [-0.25, -0.2) is 12.8 Å². The summed E-state index contributed by atoms with van der Waals surface area (Å²) in [6.07, 6.45) is 4.32. The Labute approximate surface area is 216 Å². The molecule has 1 heterocycles. The fourth-order valence-electron chi connectivity index (χ4n) is 4.62. The molecule has 2 aliphatic rings. The smallest absolute Gasteiger partial charge is 0.293 e. The van der Waals surface area contributed by atoms with Crippen molar-refractivity contribution >= 4 is 27.8 Å². The second kappa shape index (κ2) is 11.7. The number of sulfonamides is 1. The number of piperazine rings is 1. The number of amides is 1. The highest BCUT2D eigenvalue weighted by atomic mass is 32.2. The van der Waals surface area contributed by atoms with E-state index in [1.54, 1.807) is 29.2 Å². The molecule has 1 aliphatic carbocycles. The first-order valence-electron chi connectivity index (χ1n) is 12.2. The Morgan fingerprint density at radius 1 is 1.11 bits per heavy atom. The van der Waals surface area contributed by atoms with E-state index in [2.05, 4.69) is 5.32 Å². The Morgan fingerprint density at radius 3 is 2.41 bits per heavy atom. The molecule has 2 aromatic rings. The summed E-state index contributed by atoms with van der Waals surface area (Å²) < 4.78 is 47.1. The van der Waals surface area contributed by atoms with Crippen molar-refractivity contribution in [2.75, 3.05) is 31.5 Å². The number of halogens is 1. The minimum atomic E-state index is -3.53. The zero-order valence-corrected chi connectivity index (χ0v) is 21.2. The highest BCUT2D eigenvalue weighted by Gasteiger charge is 2.31. The Bertz CT molecular complexity index is 1230. The molecule has 3 N–H and O–H groups in total. The molecule has 37 heavy (non-hydrogen) atoms. The maximum atomic E-state index is 13.7. The molecule has 1 amide bonds. The number of carbonyl (C=O) groups excluding carboxylic acids is 1. The topological polar surface area (TPSA) is 123 Å². The van der Waals surface area contributed by atoms with E-state index in [9.17, 15) is 22.7 Å². The second-order valence-electron chi connectivity index (χ2n) is 9.16. The van der Waals surface area contributed by atoms with Crippen LogP contribution in [0.2, 0.25) is 0 Å². The number of phenolic OH excluding ortho intramolecular Hbond substituents is 1. The molecule has 0 bridgehead atoms. The van der Waals surface area contributed by atoms with Gasteiger partial charge in [0.05, 0.1) is 11.9 Å². The van der Waals surface area contributed by atoms with Crippen molar-refractivity contribution in [3.05, 3.63) is 71.4 Å². The van der Waals surface area contributed by atoms with Crippen molar-refractivity contribution in [2.24, 2.45) is 0 Å². The van der Waals surface area contributed by atoms with Crippen molar-refractivity contribution in [3.8, 4) is 5.75 Å². The molecule has 11 heteroatoms. The molecule has 9 nitrogen and oxygen atoms in total. The third-order valence-corrected chi connectivity index (χ3v) is 8.32. The maximum absolute atomic E-state index is 13.7. The predicted octanol–water partition coefficient (Wildman–Crippen LogP) is 3.44. The minimum absolute atomic E-state index is 0.0520. The predicted molar refractivity (Wildman–Crippen MR) is 138 cm³/mol. The normalized spacial score (nSPS) is 17.8. The average molecular weight is 531 g/mol. The summed E-state index contributed by atoms with van der Waals surface area (Å²) in [6, 6.07) is 12.2. The van der Waals surface area contributed by atoms with Crippen molar-refractivity contribution in [2.45, 2.75) is 37.5 Å². The number of benzene rings is 2. The van der Waals surface area contributed by atoms with E-state index in [-0.39, 0.29) is 60.9 Å². The zero-order valence-electron chi connectivity index (χ0n) is 20.4. The first-order chi connectivity index (χ1) is 17.7. The summed E-state index contributed by atoms with van der Waals surface area (Å²) in [6.45, 7) is 0.930. The summed E-state index contributed by atoms with van der Waals surface area (Å²) in [7, 11) is -3.53. The SMILES string of the molecule is N=C/C(=C(/OC1CCCC1)C(=O)Nc1cc(O)cc(F)c1)N1CCN(S(=O)(=O)Cc2ccccc2)CC1. The highest BCUT2D eigenvalue weighted by molar-refractivity contribution is 7.88. The molecule has 1 aliphatic heterocycles. The minimum Gasteiger partial charge on any atom is -0.508 e. The number of allylic oxidation sites excluding steroid dienone is 1. The Balaban J connectivity index is 1.52. The molecule has 1 saturated carbocycles. The lowest BCUT2D eigenvalue weighted by Gasteiger charge is -2.36. The molecule has 0 spiro atoms. The van der Waals surface area contributed by atoms with Gasteiger partial charge in [-0.1, -0.05) is 30.3 Å². The molecule has 198 valence electrons. The maximum Gasteiger partial charge on any atom is 0.293 e. The quantitative estimate of drug-likeness (QED) is 0.259. The number of nitrogens with one attached hydrogen (secondary N) is 2. The first-order valence-corrected chi connectivity index (χ1v) is 13.8. The van der Waals surface area contributed by atoms with Gasteiger partial charge in [0.1, 0.15) is 17.3 Å². The summed E-state index contributed by atoms with van der Waals surface area (Å²) in [5, 5.41) is 20.3. The van der Waals surface area contributed by atoms with E-state index < -0.39 is 21.7 Å². The molecule has 2 aromatic carbocycles. The third-order valence-electron chi connectivity index (χ3n) is 6.47. The van der Waals surface area contributed by atoms with Crippen molar-refractivity contribution in [1.29, 1.82) is 5.41 Å². The van der Waals surface area contributed by atoms with Crippen LogP contribution < -0.4 is 5.32 Å². The van der Waals surface area contributed by atoms with Gasteiger partial charge in [0.2, 0.25) is 15.8 Å². The fraction of sp³-hybridized carbons (Fsp3) is 0.385. The summed E-state index contributed by atoms with van der Waals surface area (Å²) in [5.41, 5.74) is 0.985. The number of hydrogen-bond donors (Lipinski definition) is 3. The second-order valence-corrected chi connectivity index (χ2v) is 11.1. The van der Waals surface area contributed by atoms with Crippen LogP contribution in [0.4, 0.5) is 10.1 Å². The van der Waals surface area contributed by atoms with Crippen LogP contribution in [0.5, 0.6) is 5.75 Å². The van der Waals surface area contributed by atoms with Gasteiger partial charge >= 0.3 is 0 Å². The standard InChI is InChI=1S/C26H31FN4O5S/c27-20-14-21(16-22(32)15-20)29-26(33)25(36-23-8-4-5-9-23)24(17-28)30-10-12-31(13-11-30)37(34,35)18-19-6-2-1-3-7-19/h1-3,6-7,14-17,23,28,32H,4-5,8-13,18H2,(H,29,33)/b25-24-,28-17?. The van der Waals surface area contributed by atoms with Crippen molar-refractivity contribution < 1.29 is 27.4 Å². The van der Waals surface area contributed by atoms with Gasteiger partial charge in [0.25, 0.3) is 5.91 Å². The zero-order chi connectivity index (χ0) is 26.4. The molecular formula is C26H31FN4O5S. The lowest BCUT2D eigenvalue weighted by atomic mass is 10.2. The van der Waals surface area contributed by atoms with Gasteiger partial charge in [-0.3, -0.25) is 4.79 Å². The van der Waals surface area contributed by atoms with E-state index in [0.717, 1.165) is 44.0 Å². The van der Waals surface area contributed by atoms with Crippen LogP contribution in [-0.4, -0.2) is 67.1 Å². The lowest BCUT2D eigenvalue weighted by molar-refractivity contribution is -0.117. The van der Waals surface area contributed by atoms with E-state index >= 15 is 0 Å². The number of nitrogens with zero attached hydrogens (tertiary/aromatic N) is 2. The van der Waals surface area contributed by atoms with Gasteiger partial charge in [0, 0.05) is 50.2 Å². The van der Waals surface area contributed by atoms with Crippen LogP contribution in [0.25, 0.3) is 0 Å². The van der Waals surface area contributed by atoms with Gasteiger partial charge in [0.15, 0.2) is 0 Å². The number of carbonyl (C=O) groups is 1. The van der Waals surface area contributed by atoms with Gasteiger partial charge in [-0.2, -0.15) is 4.31 Å². The monoisotopic (exact) mass is 530 g/mol. The summed E-state index contributed by atoms with van der Waals surface area (Å²) in [4.78, 5) is 15.0. The van der Waals surface area contributed by atoms with Crippen molar-refractivity contribution in [3.63, 3.8) is 0 Å². The van der Waals surface area contributed by atoms with Gasteiger partial charge in [-0.15, -0.1) is 0 Å². The Kier molecular flexibility index (Phi) is 8.45. The van der Waals surface area contributed by atoms with E-state index in [0.29, 0.717) is 5.56 Å². The van der Waals surface area contributed by atoms with Crippen LogP contribution in [0, 0.1) is 11.2 Å². The van der Waals surface area contributed by atoms with Crippen molar-refractivity contribution in [1.82, 2.24) is 9.21 Å². The number of anilines is 1. The van der Waals surface area contributed by atoms with Gasteiger partial charge < -0.3 is 25.5 Å². The van der Waals surface area contributed by atoms with Crippen LogP contribution in [-0.2, 0) is 25.3 Å². The lowest BCUT2D eigenvalue weighted by Crippen LogP contribution is -2.49. The molecule has 2 fully saturated rings. The first kappa shape index (κ1) is 26.6. The van der Waals surface area contributed by atoms with Gasteiger partial charge in [-0.05, 0) is 37.3 Å². The largest absolute Gasteiger partial charge is 0.508 e. The fourth-order valence-corrected chi connectivity index (χ4v) is 6.14. The molecule has 1 saturated heterocycles. The van der Waals surface area contributed by atoms with Crippen LogP contribution >= 0.6 is 0 Å². The van der Waals surface area contributed by atoms with Crippen LogP contribution in [0.1, 0.15) is 31.2 Å². The van der Waals surface area contributed by atoms with E-state index in [1.165, 1.54) is 10.4 Å². The molecule has 0 unspecified atom stereocenters. The summed E-state index contributed by atoms with van der Waals surface area (Å²) in [5.74, 6) is -1.89. The molecule has 0 atom stereocenters. The third kappa shape index (κ3) is 6.86. The van der Waals surface area contributed by atoms with Crippen LogP contribution in [0.3, 0.4) is 0 Å². The number of hydrogen-bond acceptors (Lipinski definition) is 7. The van der Waals surface area contributed by atoms with Crippen LogP contribution in [0.15, 0.2) is 60.0 Å². The molecule has 4 rings (SSSR count).